The molecule has 37 heavy (non-hydrogen) atoms. The summed E-state index contributed by atoms with van der Waals surface area (Å²) in [5, 5.41) is 10.4. The first-order chi connectivity index (χ1) is 17.6. The van der Waals surface area contributed by atoms with E-state index in [-0.39, 0.29) is 10.6 Å². The van der Waals surface area contributed by atoms with E-state index in [0.717, 1.165) is 5.56 Å². The average molecular weight is 600 g/mol. The summed E-state index contributed by atoms with van der Waals surface area (Å²) in [6, 6.07) is 16.5. The van der Waals surface area contributed by atoms with Crippen LogP contribution in [0.2, 0.25) is 15.1 Å². The van der Waals surface area contributed by atoms with Crippen LogP contribution in [0, 0.1) is 5.92 Å². The lowest BCUT2D eigenvalue weighted by Crippen LogP contribution is -2.18. The number of hydrogen-bond donors (Lipinski definition) is 2. The lowest BCUT2D eigenvalue weighted by atomic mass is 10.1. The van der Waals surface area contributed by atoms with Crippen molar-refractivity contribution in [1.29, 1.82) is 0 Å². The van der Waals surface area contributed by atoms with Crippen LogP contribution in [0.4, 0.5) is 11.4 Å². The predicted octanol–water partition coefficient (Wildman–Crippen LogP) is 7.80. The summed E-state index contributed by atoms with van der Waals surface area (Å²) in [5.41, 5.74) is 2.56. The van der Waals surface area contributed by atoms with E-state index in [1.807, 2.05) is 6.92 Å². The van der Waals surface area contributed by atoms with Crippen molar-refractivity contribution in [2.45, 2.75) is 17.2 Å². The van der Waals surface area contributed by atoms with Crippen molar-refractivity contribution in [2.75, 3.05) is 17.2 Å². The van der Waals surface area contributed by atoms with Gasteiger partial charge in [0.05, 0.1) is 22.7 Å². The van der Waals surface area contributed by atoms with Crippen molar-refractivity contribution >= 4 is 87.4 Å². The van der Waals surface area contributed by atoms with Gasteiger partial charge < -0.3 is 15.5 Å². The van der Waals surface area contributed by atoms with Crippen LogP contribution in [0.3, 0.4) is 0 Å². The van der Waals surface area contributed by atoms with Crippen LogP contribution in [0.15, 0.2) is 65.8 Å². The molecule has 6 nitrogen and oxygen atoms in total. The first-order valence-corrected chi connectivity index (χ1v) is 13.0. The minimum absolute atomic E-state index is 0.179. The van der Waals surface area contributed by atoms with E-state index in [2.05, 4.69) is 15.8 Å². The fourth-order valence-electron chi connectivity index (χ4n) is 3.84. The van der Waals surface area contributed by atoms with Crippen LogP contribution in [0.1, 0.15) is 34.3 Å². The van der Waals surface area contributed by atoms with E-state index >= 15 is 0 Å². The molecule has 1 fully saturated rings. The van der Waals surface area contributed by atoms with Gasteiger partial charge in [0.15, 0.2) is 0 Å². The Morgan fingerprint density at radius 1 is 0.946 bits per heavy atom. The van der Waals surface area contributed by atoms with Crippen molar-refractivity contribution in [3.8, 4) is 0 Å². The maximum atomic E-state index is 13.0. The zero-order chi connectivity index (χ0) is 26.7. The second-order valence-corrected chi connectivity index (χ2v) is 11.0. The molecule has 1 aliphatic carbocycles. The predicted molar refractivity (Wildman–Crippen MR) is 151 cm³/mol. The molecule has 0 bridgehead atoms. The van der Waals surface area contributed by atoms with Gasteiger partial charge in [-0.1, -0.05) is 52.1 Å². The molecular weight excluding hydrogens is 580 g/mol. The summed E-state index contributed by atoms with van der Waals surface area (Å²) in [4.78, 5) is 30.9. The molecule has 0 aromatic heterocycles. The molecule has 0 spiro atoms. The van der Waals surface area contributed by atoms with Gasteiger partial charge in [-0.3, -0.25) is 9.59 Å². The number of alkyl halides is 2. The highest BCUT2D eigenvalue weighted by molar-refractivity contribution is 6.53. The Kier molecular flexibility index (Phi) is 8.56. The van der Waals surface area contributed by atoms with E-state index < -0.39 is 28.0 Å². The Bertz CT molecular complexity index is 1340. The topological polar surface area (TPSA) is 79.8 Å². The molecule has 3 aromatic rings. The number of nitrogens with one attached hydrogen (secondary N) is 2. The molecule has 3 aromatic carbocycles. The SMILES string of the molecule is CCO/N=C/c1ccc(NC(=O)c2cc(NC(=O)C3C(c4cc(Cl)cc(Cl)c4)C3(Cl)Cl)ccc2Cl)cc1. The molecule has 0 saturated heterocycles. The molecule has 4 rings (SSSR count). The second kappa shape index (κ2) is 11.5. The molecule has 192 valence electrons. The number of amides is 2. The molecular formula is C26H20Cl5N3O3. The number of carbonyl (C=O) groups excluding carboxylic acids is 2. The minimum Gasteiger partial charge on any atom is -0.396 e. The zero-order valence-corrected chi connectivity index (χ0v) is 23.1. The van der Waals surface area contributed by atoms with Gasteiger partial charge >= 0.3 is 0 Å². The third-order valence-electron chi connectivity index (χ3n) is 5.63. The molecule has 2 amide bonds. The van der Waals surface area contributed by atoms with E-state index in [9.17, 15) is 9.59 Å². The molecule has 2 unspecified atom stereocenters. The Morgan fingerprint density at radius 2 is 1.59 bits per heavy atom. The lowest BCUT2D eigenvalue weighted by molar-refractivity contribution is -0.117. The van der Waals surface area contributed by atoms with Crippen molar-refractivity contribution < 1.29 is 14.4 Å². The van der Waals surface area contributed by atoms with Crippen molar-refractivity contribution in [2.24, 2.45) is 11.1 Å². The monoisotopic (exact) mass is 597 g/mol. The molecule has 0 aliphatic heterocycles. The smallest absolute Gasteiger partial charge is 0.257 e. The quantitative estimate of drug-likeness (QED) is 0.158. The number of oxime groups is 1. The van der Waals surface area contributed by atoms with Gasteiger partial charge in [0.2, 0.25) is 5.91 Å². The fourth-order valence-corrected chi connectivity index (χ4v) is 5.42. The van der Waals surface area contributed by atoms with E-state index in [4.69, 9.17) is 62.8 Å². The Balaban J connectivity index is 1.45. The van der Waals surface area contributed by atoms with Crippen molar-refractivity contribution in [3.05, 3.63) is 92.4 Å². The number of nitrogens with zero attached hydrogens (tertiary/aromatic N) is 1. The summed E-state index contributed by atoms with van der Waals surface area (Å²) in [5.74, 6) is -2.10. The Labute approximate surface area is 238 Å². The number of benzene rings is 3. The molecule has 0 radical (unpaired) electrons. The number of rotatable bonds is 8. The normalized spacial score (nSPS) is 17.9. The van der Waals surface area contributed by atoms with Gasteiger partial charge in [0.1, 0.15) is 10.9 Å². The summed E-state index contributed by atoms with van der Waals surface area (Å²) in [6.07, 6.45) is 1.57. The highest BCUT2D eigenvalue weighted by Crippen LogP contribution is 2.65. The molecule has 2 atom stereocenters. The van der Waals surface area contributed by atoms with Crippen LogP contribution in [0.5, 0.6) is 0 Å². The van der Waals surface area contributed by atoms with Crippen LogP contribution >= 0.6 is 58.0 Å². The van der Waals surface area contributed by atoms with E-state index in [1.54, 1.807) is 54.7 Å². The fraction of sp³-hybridized carbons (Fsp3) is 0.192. The first kappa shape index (κ1) is 27.6. The highest BCUT2D eigenvalue weighted by Gasteiger charge is 2.67. The molecule has 11 heteroatoms. The van der Waals surface area contributed by atoms with E-state index in [0.29, 0.717) is 33.6 Å². The number of halogens is 5. The summed E-state index contributed by atoms with van der Waals surface area (Å²) in [6.45, 7) is 2.31. The van der Waals surface area contributed by atoms with Crippen LogP contribution < -0.4 is 10.6 Å². The number of hydrogen-bond acceptors (Lipinski definition) is 4. The van der Waals surface area contributed by atoms with Crippen LogP contribution in [-0.2, 0) is 9.63 Å². The van der Waals surface area contributed by atoms with Crippen LogP contribution in [-0.4, -0.2) is 29.0 Å². The largest absolute Gasteiger partial charge is 0.396 e. The maximum absolute atomic E-state index is 13.0. The van der Waals surface area contributed by atoms with Crippen molar-refractivity contribution in [1.82, 2.24) is 0 Å². The lowest BCUT2D eigenvalue weighted by Gasteiger charge is -2.10. The number of anilines is 2. The van der Waals surface area contributed by atoms with Gasteiger partial charge in [-0.25, -0.2) is 0 Å². The average Bonchev–Trinajstić information content (AvgIpc) is 3.43. The summed E-state index contributed by atoms with van der Waals surface area (Å²) in [7, 11) is 0. The zero-order valence-electron chi connectivity index (χ0n) is 19.3. The third-order valence-corrected chi connectivity index (χ3v) is 7.34. The highest BCUT2D eigenvalue weighted by atomic mass is 35.5. The minimum atomic E-state index is -1.33. The Morgan fingerprint density at radius 3 is 2.24 bits per heavy atom. The van der Waals surface area contributed by atoms with Gasteiger partial charge in [0, 0.05) is 27.3 Å². The van der Waals surface area contributed by atoms with Gasteiger partial charge in [-0.05, 0) is 66.6 Å². The van der Waals surface area contributed by atoms with Gasteiger partial charge in [-0.15, -0.1) is 23.2 Å². The number of carbonyl (C=O) groups is 2. The van der Waals surface area contributed by atoms with Crippen LogP contribution in [0.25, 0.3) is 0 Å². The van der Waals surface area contributed by atoms with Gasteiger partial charge in [0.25, 0.3) is 5.91 Å². The molecule has 1 aliphatic rings. The third kappa shape index (κ3) is 6.51. The summed E-state index contributed by atoms with van der Waals surface area (Å²) < 4.78 is -1.33. The second-order valence-electron chi connectivity index (χ2n) is 8.24. The van der Waals surface area contributed by atoms with Gasteiger partial charge in [-0.2, -0.15) is 0 Å². The van der Waals surface area contributed by atoms with E-state index in [1.165, 1.54) is 12.1 Å². The molecule has 0 heterocycles. The van der Waals surface area contributed by atoms with Crippen molar-refractivity contribution in [3.63, 3.8) is 0 Å². The molecule has 2 N–H and O–H groups in total. The standard InChI is InChI=1S/C26H20Cl5N3O3/c1-2-37-32-13-14-3-5-18(6-4-14)33-24(35)20-12-19(7-8-21(20)29)34-25(36)23-22(26(23,30)31)15-9-16(27)11-17(28)10-15/h3-13,22-23H,2H2,1H3,(H,33,35)(H,34,36)/b32-13+. The first-order valence-electron chi connectivity index (χ1n) is 11.1. The summed E-state index contributed by atoms with van der Waals surface area (Å²) >= 11 is 31.3. The maximum Gasteiger partial charge on any atom is 0.257 e. The Hall–Kier alpha value is -2.48. The molecule has 1 saturated carbocycles.